The van der Waals surface area contributed by atoms with E-state index in [-0.39, 0.29) is 89.6 Å². The van der Waals surface area contributed by atoms with Crippen LogP contribution in [0.2, 0.25) is 0 Å². The molecule has 0 bridgehead atoms. The molecule has 2 saturated heterocycles. The van der Waals surface area contributed by atoms with Gasteiger partial charge in [0.05, 0.1) is 38.2 Å². The number of fused-ring (bicyclic) bond motifs is 3. The summed E-state index contributed by atoms with van der Waals surface area (Å²) in [7, 11) is 3.78. The van der Waals surface area contributed by atoms with Crippen molar-refractivity contribution in [3.63, 3.8) is 0 Å². The number of H-pyrrole nitrogens is 3. The predicted octanol–water partition coefficient (Wildman–Crippen LogP) is -3.36. The van der Waals surface area contributed by atoms with E-state index in [1.807, 2.05) is 0 Å². The van der Waals surface area contributed by atoms with Crippen LogP contribution in [0.4, 0.5) is 0 Å². The van der Waals surface area contributed by atoms with Crippen LogP contribution in [-0.2, 0) is 112 Å². The minimum absolute atomic E-state index is 0.00605. The Hall–Kier alpha value is -14.0. The van der Waals surface area contributed by atoms with Gasteiger partial charge in [0.15, 0.2) is 5.96 Å². The number of hydrogen-bond acceptors (Lipinski definition) is 22. The normalized spacial score (nSPS) is 23.8. The van der Waals surface area contributed by atoms with Crippen molar-refractivity contribution in [3.8, 4) is 0 Å². The van der Waals surface area contributed by atoms with Gasteiger partial charge in [-0.3, -0.25) is 91.7 Å². The summed E-state index contributed by atoms with van der Waals surface area (Å²) in [6.45, 7) is 3.29. The van der Waals surface area contributed by atoms with Gasteiger partial charge in [-0.2, -0.15) is 0 Å². The highest BCUT2D eigenvalue weighted by molar-refractivity contribution is 8.00. The van der Waals surface area contributed by atoms with Gasteiger partial charge < -0.3 is 126 Å². The lowest BCUT2D eigenvalue weighted by Crippen LogP contribution is -2.62. The molecule has 18 amide bonds. The number of aliphatic hydroxyl groups excluding tert-OH is 1. The first-order valence-corrected chi connectivity index (χ1v) is 46.7. The average molecular weight is 1910 g/mol. The number of rotatable bonds is 26. The second-order valence-corrected chi connectivity index (χ2v) is 35.9. The first-order chi connectivity index (χ1) is 64.9. The summed E-state index contributed by atoms with van der Waals surface area (Å²) in [5.41, 5.74) is 19.9. The molecule has 24 N–H and O–H groups in total. The summed E-state index contributed by atoms with van der Waals surface area (Å²) >= 11 is 0.774. The number of aliphatic hydroxyl groups is 1. The van der Waals surface area contributed by atoms with E-state index >= 15 is 24.0 Å². The van der Waals surface area contributed by atoms with E-state index in [4.69, 9.17) is 22.6 Å². The Morgan fingerprint density at radius 2 is 1.10 bits per heavy atom. The third kappa shape index (κ3) is 30.8. The number of unbranched alkanes of at least 4 members (excludes halogenated alkanes) is 1. The number of nitrogens with two attached hydrogens (primary N) is 3. The van der Waals surface area contributed by atoms with Crippen molar-refractivity contribution in [1.82, 2.24) is 109 Å². The summed E-state index contributed by atoms with van der Waals surface area (Å²) in [6.07, 6.45) is 7.08. The molecular formula is C91H127N25O19S. The number of para-hydroxylation sites is 2. The van der Waals surface area contributed by atoms with E-state index in [9.17, 15) is 67.4 Å². The van der Waals surface area contributed by atoms with E-state index in [0.717, 1.165) is 44.2 Å². The fraction of sp³-hybridized carbons (Fsp3) is 0.516. The van der Waals surface area contributed by atoms with E-state index in [0.29, 0.717) is 63.5 Å². The highest BCUT2D eigenvalue weighted by atomic mass is 32.2. The molecule has 3 fully saturated rings. The van der Waals surface area contributed by atoms with Crippen LogP contribution in [0.5, 0.6) is 0 Å². The summed E-state index contributed by atoms with van der Waals surface area (Å²) in [5, 5.41) is 54.6. The quantitative estimate of drug-likeness (QED) is 0.0143. The Bertz CT molecular complexity index is 5240. The van der Waals surface area contributed by atoms with E-state index in [2.05, 4.69) is 89.1 Å². The second-order valence-electron chi connectivity index (χ2n) is 34.8. The number of aromatic nitrogens is 4. The molecule has 136 heavy (non-hydrogen) atoms. The van der Waals surface area contributed by atoms with E-state index < -0.39 is 241 Å². The van der Waals surface area contributed by atoms with Crippen molar-refractivity contribution in [1.29, 1.82) is 5.41 Å². The molecule has 1 saturated carbocycles. The number of carbonyl (C=O) groups excluding carboxylic acids is 18. The number of guanidine groups is 1. The van der Waals surface area contributed by atoms with Gasteiger partial charge in [-0.1, -0.05) is 113 Å². The molecule has 0 radical (unpaired) electrons. The molecule has 13 atom stereocenters. The fourth-order valence-corrected chi connectivity index (χ4v) is 17.4. The van der Waals surface area contributed by atoms with Crippen LogP contribution < -0.4 is 86.3 Å². The van der Waals surface area contributed by atoms with Crippen LogP contribution in [0.25, 0.3) is 21.8 Å². The number of benzene rings is 3. The molecule has 0 unspecified atom stereocenters. The monoisotopic (exact) mass is 1910 g/mol. The highest BCUT2D eigenvalue weighted by Crippen LogP contribution is 2.27. The third-order valence-electron chi connectivity index (χ3n) is 24.0. The van der Waals surface area contributed by atoms with Crippen molar-refractivity contribution in [2.45, 2.75) is 215 Å². The SMILES string of the molecule is CCCC[C@H]1C(=O)N[C@@H](CCCNC(=N)N)C(=O)N[C@H](C(=O)NCC(N)=O)CSCC(=O)N[C@@H](Cc2ccccc2)C(=O)N(C)[C@@H](C)C(=O)N[C@@H](CC(N)=O)C(=O)N2CCC[C@H]2C(=O)N[C@@H](Cc2cnc[nH]2)C(=O)N[C@@H](CC(C)C)C(=O)N(C)CC(=O)N[C@@H](Cc2c[nH]c3ccccc23)C(=O)N[C@@H](CO)C(=O)N[C@@H](Cc2c[nH]c3ccccc23)C(=O)N[C@@H](CNC(=O)C2CCCC2)C(=O)N1C. The zero-order valence-corrected chi connectivity index (χ0v) is 78.1. The molecule has 0 spiro atoms. The van der Waals surface area contributed by atoms with Gasteiger partial charge in [0.2, 0.25) is 106 Å². The minimum atomic E-state index is -1.91. The maximum atomic E-state index is 15.6. The zero-order chi connectivity index (χ0) is 99.0. The lowest BCUT2D eigenvalue weighted by molar-refractivity contribution is -0.145. The van der Waals surface area contributed by atoms with Gasteiger partial charge in [0.1, 0.15) is 78.5 Å². The molecule has 1 aliphatic carbocycles. The summed E-state index contributed by atoms with van der Waals surface area (Å²) < 4.78 is 0. The molecule has 6 aromatic rings. The number of likely N-dealkylation sites (N-methyl/N-ethyl adjacent to an activating group) is 3. The number of hydrogen-bond donors (Lipinski definition) is 21. The number of nitrogens with one attached hydrogen (secondary N) is 17. The van der Waals surface area contributed by atoms with E-state index in [1.165, 1.54) is 40.6 Å². The first-order valence-electron chi connectivity index (χ1n) is 45.5. The average Bonchev–Trinajstić information content (AvgIpc) is 1.64. The Balaban J connectivity index is 1.09. The summed E-state index contributed by atoms with van der Waals surface area (Å²) in [6, 6.07) is 1.77. The minimum Gasteiger partial charge on any atom is -0.394 e. The molecule has 2 aliphatic heterocycles. The van der Waals surface area contributed by atoms with Crippen LogP contribution in [-0.4, -0.2) is 307 Å². The predicted molar refractivity (Wildman–Crippen MR) is 500 cm³/mol. The molecule has 5 heterocycles. The largest absolute Gasteiger partial charge is 0.394 e. The van der Waals surface area contributed by atoms with Crippen LogP contribution in [0, 0.1) is 17.2 Å². The van der Waals surface area contributed by atoms with Gasteiger partial charge in [-0.15, -0.1) is 11.8 Å². The highest BCUT2D eigenvalue weighted by Gasteiger charge is 2.44. The van der Waals surface area contributed by atoms with Gasteiger partial charge in [0.25, 0.3) is 0 Å². The molecule has 3 aliphatic rings. The number of aromatic amines is 3. The zero-order valence-electron chi connectivity index (χ0n) is 77.3. The fourth-order valence-electron chi connectivity index (χ4n) is 16.5. The number of thioether (sulfide) groups is 1. The Morgan fingerprint density at radius 3 is 1.70 bits per heavy atom. The van der Waals surface area contributed by atoms with Crippen molar-refractivity contribution in [2.75, 3.05) is 72.0 Å². The first kappa shape index (κ1) is 106. The lowest BCUT2D eigenvalue weighted by Gasteiger charge is -2.33. The number of carbonyl (C=O) groups is 18. The second kappa shape index (κ2) is 51.5. The third-order valence-corrected chi connectivity index (χ3v) is 25.1. The molecule has 9 rings (SSSR count). The molecule has 3 aromatic heterocycles. The molecule has 44 nitrogen and oxygen atoms in total. The lowest BCUT2D eigenvalue weighted by atomic mass is 10.0. The topological polar surface area (TPSA) is 659 Å². The van der Waals surface area contributed by atoms with Gasteiger partial charge in [-0.05, 0) is 93.0 Å². The van der Waals surface area contributed by atoms with E-state index in [1.54, 1.807) is 112 Å². The molecule has 3 aromatic carbocycles. The Labute approximate surface area is 790 Å². The number of imidazole rings is 1. The van der Waals surface area contributed by atoms with Crippen LogP contribution in [0.1, 0.15) is 134 Å². The summed E-state index contributed by atoms with van der Waals surface area (Å²) in [4.78, 5) is 280. The van der Waals surface area contributed by atoms with Crippen LogP contribution >= 0.6 is 11.8 Å². The Kier molecular flexibility index (Phi) is 40.0. The van der Waals surface area contributed by atoms with Gasteiger partial charge >= 0.3 is 0 Å². The maximum absolute atomic E-state index is 15.6. The van der Waals surface area contributed by atoms with Gasteiger partial charge in [0, 0.05) is 124 Å². The smallest absolute Gasteiger partial charge is 0.247 e. The molecule has 736 valence electrons. The van der Waals surface area contributed by atoms with Crippen LogP contribution in [0.3, 0.4) is 0 Å². The number of amides is 18. The maximum Gasteiger partial charge on any atom is 0.247 e. The molecular weight excluding hydrogens is 1780 g/mol. The Morgan fingerprint density at radius 1 is 0.537 bits per heavy atom. The van der Waals surface area contributed by atoms with Crippen molar-refractivity contribution >= 4 is 146 Å². The van der Waals surface area contributed by atoms with Crippen molar-refractivity contribution in [3.05, 3.63) is 126 Å². The van der Waals surface area contributed by atoms with Crippen molar-refractivity contribution in [2.24, 2.45) is 29.0 Å². The number of nitrogens with zero attached hydrogens (tertiary/aromatic N) is 5. The van der Waals surface area contributed by atoms with Crippen LogP contribution in [0.15, 0.2) is 104 Å². The van der Waals surface area contributed by atoms with Crippen molar-refractivity contribution < 1.29 is 91.4 Å². The van der Waals surface area contributed by atoms with Gasteiger partial charge in [-0.25, -0.2) is 4.98 Å². The number of primary amides is 2. The standard InChI is InChI=1S/C91H127N25O19S/c1-8-9-30-71-85(130)105-61(29-19-32-97-91(94)95)80(125)112-70(79(124)101-44-74(93)119)47-136-48-76(121)104-66(35-52-21-11-10-12-22-52)88(133)114(6)51(4)77(122)108-67(39-73(92)118)90(135)116-33-20-31-72(116)86(131)107-64(38-56-42-96-49-102-56)83(128)109-65(34-50(2)3)87(132)113(5)45-75(120)103-62(36-54-40-98-59-27-17-15-25-57(54)59)81(126)111-69(46-117)84(129)106-63(37-55-41-99-60-28-18-16-26-58(55)60)82(127)110-68(89(134)115(71)7)43-100-78(123)53-23-13-14-24-53/h10-12,15-18,21-22,25-28,40-42,49-51,53,61-72,98-99,117H,8-9,13-14,19-20,23-24,29-39,43-48H2,1-7H3,(H2,92,118)(H2,93,119)(H,96,102)(H,100,123)(H,101,124)(H,103,120)(H,104,121)(H,105,130)(H,106,129)(H,107,131)(H,108,122)(H,109,128)(H,110,127)(H,111,126)(H,112,125)(H4,94,95,97)/t51-,61-,62-,63-,64-,65-,66-,67-,68-,69-,70-,71-,72-/m0/s1. The molecule has 45 heteroatoms. The summed E-state index contributed by atoms with van der Waals surface area (Å²) in [5.74, 6) is -19.0.